The summed E-state index contributed by atoms with van der Waals surface area (Å²) in [6, 6.07) is 16.2. The van der Waals surface area contributed by atoms with Gasteiger partial charge in [0, 0.05) is 37.6 Å². The van der Waals surface area contributed by atoms with E-state index in [0.29, 0.717) is 13.1 Å². The maximum atomic E-state index is 13.1. The van der Waals surface area contributed by atoms with Crippen molar-refractivity contribution in [3.8, 4) is 0 Å². The van der Waals surface area contributed by atoms with E-state index in [2.05, 4.69) is 48.3 Å². The molecule has 5 nitrogen and oxygen atoms in total. The quantitative estimate of drug-likeness (QED) is 0.785. The van der Waals surface area contributed by atoms with Gasteiger partial charge in [0.25, 0.3) is 0 Å². The zero-order chi connectivity index (χ0) is 21.0. The monoisotopic (exact) mass is 393 g/mol. The Kier molecular flexibility index (Phi) is 6.26. The Hall–Kier alpha value is -2.82. The summed E-state index contributed by atoms with van der Waals surface area (Å²) in [5.41, 5.74) is 3.23. The van der Waals surface area contributed by atoms with Crippen LogP contribution in [-0.2, 0) is 16.0 Å². The maximum absolute atomic E-state index is 13.1. The van der Waals surface area contributed by atoms with E-state index in [1.807, 2.05) is 29.2 Å². The molecule has 0 bridgehead atoms. The molecule has 3 rings (SSSR count). The average molecular weight is 394 g/mol. The second-order valence-corrected chi connectivity index (χ2v) is 8.25. The van der Waals surface area contributed by atoms with Gasteiger partial charge >= 0.3 is 0 Å². The summed E-state index contributed by atoms with van der Waals surface area (Å²) in [6.07, 6.45) is 0.951. The summed E-state index contributed by atoms with van der Waals surface area (Å²) in [5.74, 6) is -0.392. The minimum atomic E-state index is -1.12. The van der Waals surface area contributed by atoms with Crippen molar-refractivity contribution >= 4 is 23.2 Å². The third kappa shape index (κ3) is 4.78. The maximum Gasteiger partial charge on any atom is 0.239 e. The van der Waals surface area contributed by atoms with Crippen molar-refractivity contribution in [2.45, 2.75) is 34.1 Å². The Bertz CT molecular complexity index is 866. The molecule has 29 heavy (non-hydrogen) atoms. The zero-order valence-electron chi connectivity index (χ0n) is 17.9. The first kappa shape index (κ1) is 20.9. The van der Waals surface area contributed by atoms with Crippen molar-refractivity contribution < 1.29 is 9.59 Å². The molecule has 0 spiro atoms. The third-order valence-corrected chi connectivity index (χ3v) is 5.66. The fourth-order valence-electron chi connectivity index (χ4n) is 3.60. The summed E-state index contributed by atoms with van der Waals surface area (Å²) in [7, 11) is 0. The van der Waals surface area contributed by atoms with E-state index in [9.17, 15) is 9.59 Å². The number of carbonyl (C=O) groups is 2. The van der Waals surface area contributed by atoms with E-state index < -0.39 is 5.41 Å². The Morgan fingerprint density at radius 2 is 1.66 bits per heavy atom. The zero-order valence-corrected chi connectivity index (χ0v) is 17.9. The van der Waals surface area contributed by atoms with Crippen molar-refractivity contribution in [2.75, 3.05) is 36.4 Å². The van der Waals surface area contributed by atoms with Gasteiger partial charge in [-0.1, -0.05) is 31.2 Å². The molecule has 1 aliphatic rings. The third-order valence-electron chi connectivity index (χ3n) is 5.66. The van der Waals surface area contributed by atoms with Gasteiger partial charge in [0.2, 0.25) is 11.8 Å². The molecule has 5 heteroatoms. The van der Waals surface area contributed by atoms with Gasteiger partial charge in [-0.15, -0.1) is 0 Å². The molecule has 2 aromatic carbocycles. The highest BCUT2D eigenvalue weighted by Gasteiger charge is 2.40. The van der Waals surface area contributed by atoms with Crippen LogP contribution in [0.2, 0.25) is 0 Å². The van der Waals surface area contributed by atoms with Crippen LogP contribution in [-0.4, -0.2) is 42.9 Å². The second-order valence-electron chi connectivity index (χ2n) is 8.25. The minimum absolute atomic E-state index is 0.121. The Morgan fingerprint density at radius 3 is 2.24 bits per heavy atom. The van der Waals surface area contributed by atoms with Gasteiger partial charge in [0.15, 0.2) is 0 Å². The lowest BCUT2D eigenvalue weighted by Gasteiger charge is -2.39. The lowest BCUT2D eigenvalue weighted by Crippen LogP contribution is -2.54. The molecule has 1 saturated heterocycles. The van der Waals surface area contributed by atoms with E-state index in [-0.39, 0.29) is 11.8 Å². The molecule has 0 atom stereocenters. The van der Waals surface area contributed by atoms with Crippen LogP contribution in [0.5, 0.6) is 0 Å². The van der Waals surface area contributed by atoms with E-state index in [1.54, 1.807) is 13.8 Å². The molecular weight excluding hydrogens is 362 g/mol. The molecule has 1 heterocycles. The normalized spacial score (nSPS) is 14.6. The van der Waals surface area contributed by atoms with Gasteiger partial charge in [-0.05, 0) is 62.6 Å². The first-order valence-corrected chi connectivity index (χ1v) is 10.3. The van der Waals surface area contributed by atoms with E-state index in [0.717, 1.165) is 25.2 Å². The Morgan fingerprint density at radius 1 is 1.00 bits per heavy atom. The molecule has 1 fully saturated rings. The molecule has 2 amide bonds. The summed E-state index contributed by atoms with van der Waals surface area (Å²) < 4.78 is 0. The number of hydrogen-bond acceptors (Lipinski definition) is 3. The number of benzene rings is 2. The predicted octanol–water partition coefficient (Wildman–Crippen LogP) is 3.87. The standard InChI is InChI=1S/C24H31N3O2/c1-5-19-9-11-20(12-10-19)25-22(28)24(3,4)23(29)27-15-13-26(14-16-27)21-8-6-7-18(2)17-21/h6-12,17H,5,13-16H2,1-4H3,(H,25,28). The molecule has 1 N–H and O–H groups in total. The number of rotatable bonds is 5. The van der Waals surface area contributed by atoms with Crippen LogP contribution in [0.1, 0.15) is 31.9 Å². The highest BCUT2D eigenvalue weighted by molar-refractivity contribution is 6.09. The molecule has 0 saturated carbocycles. The Balaban J connectivity index is 1.60. The molecule has 0 aromatic heterocycles. The molecule has 2 aromatic rings. The van der Waals surface area contributed by atoms with Crippen molar-refractivity contribution in [3.05, 3.63) is 59.7 Å². The van der Waals surface area contributed by atoms with E-state index in [4.69, 9.17) is 0 Å². The molecular formula is C24H31N3O2. The Labute approximate surface area is 173 Å². The summed E-state index contributed by atoms with van der Waals surface area (Å²) in [5, 5.41) is 2.90. The molecule has 0 aliphatic carbocycles. The molecule has 1 aliphatic heterocycles. The number of anilines is 2. The highest BCUT2D eigenvalue weighted by atomic mass is 16.2. The van der Waals surface area contributed by atoms with Crippen molar-refractivity contribution in [1.29, 1.82) is 0 Å². The number of carbonyl (C=O) groups excluding carboxylic acids is 2. The number of amides is 2. The topological polar surface area (TPSA) is 52.7 Å². The van der Waals surface area contributed by atoms with Gasteiger partial charge in [0.05, 0.1) is 0 Å². The summed E-state index contributed by atoms with van der Waals surface area (Å²) >= 11 is 0. The first-order valence-electron chi connectivity index (χ1n) is 10.3. The minimum Gasteiger partial charge on any atom is -0.368 e. The molecule has 0 unspecified atom stereocenters. The van der Waals surface area contributed by atoms with Crippen LogP contribution in [0.15, 0.2) is 48.5 Å². The lowest BCUT2D eigenvalue weighted by molar-refractivity contribution is -0.146. The van der Waals surface area contributed by atoms with Crippen LogP contribution in [0.4, 0.5) is 11.4 Å². The summed E-state index contributed by atoms with van der Waals surface area (Å²) in [6.45, 7) is 10.4. The first-order chi connectivity index (χ1) is 13.8. The smallest absolute Gasteiger partial charge is 0.239 e. The number of nitrogens with one attached hydrogen (secondary N) is 1. The van der Waals surface area contributed by atoms with Crippen LogP contribution in [0.25, 0.3) is 0 Å². The van der Waals surface area contributed by atoms with Crippen LogP contribution >= 0.6 is 0 Å². The van der Waals surface area contributed by atoms with Gasteiger partial charge in [-0.25, -0.2) is 0 Å². The second kappa shape index (κ2) is 8.68. The molecule has 154 valence electrons. The number of hydrogen-bond donors (Lipinski definition) is 1. The predicted molar refractivity (Wildman–Crippen MR) is 118 cm³/mol. The van der Waals surface area contributed by atoms with Crippen molar-refractivity contribution in [1.82, 2.24) is 4.90 Å². The van der Waals surface area contributed by atoms with Crippen molar-refractivity contribution in [3.63, 3.8) is 0 Å². The fourth-order valence-corrected chi connectivity index (χ4v) is 3.60. The van der Waals surface area contributed by atoms with E-state index >= 15 is 0 Å². The number of nitrogens with zero attached hydrogens (tertiary/aromatic N) is 2. The number of aryl methyl sites for hydroxylation is 2. The lowest BCUT2D eigenvalue weighted by atomic mass is 9.89. The number of piperazine rings is 1. The highest BCUT2D eigenvalue weighted by Crippen LogP contribution is 2.24. The van der Waals surface area contributed by atoms with Gasteiger partial charge in [0.1, 0.15) is 5.41 Å². The molecule has 0 radical (unpaired) electrons. The van der Waals surface area contributed by atoms with E-state index in [1.165, 1.54) is 16.8 Å². The fraction of sp³-hybridized carbons (Fsp3) is 0.417. The largest absolute Gasteiger partial charge is 0.368 e. The summed E-state index contributed by atoms with van der Waals surface area (Å²) in [4.78, 5) is 30.0. The SMILES string of the molecule is CCc1ccc(NC(=O)C(C)(C)C(=O)N2CCN(c3cccc(C)c3)CC2)cc1. The average Bonchev–Trinajstić information content (AvgIpc) is 2.73. The van der Waals surface area contributed by atoms with Gasteiger partial charge < -0.3 is 15.1 Å². The van der Waals surface area contributed by atoms with Crippen molar-refractivity contribution in [2.24, 2.45) is 5.41 Å². The van der Waals surface area contributed by atoms with Crippen LogP contribution in [0.3, 0.4) is 0 Å². The van der Waals surface area contributed by atoms with Gasteiger partial charge in [-0.2, -0.15) is 0 Å². The van der Waals surface area contributed by atoms with Gasteiger partial charge in [-0.3, -0.25) is 9.59 Å². The van der Waals surface area contributed by atoms with Crippen LogP contribution < -0.4 is 10.2 Å². The van der Waals surface area contributed by atoms with Crippen LogP contribution in [0, 0.1) is 12.3 Å².